The van der Waals surface area contributed by atoms with Crippen LogP contribution in [0.1, 0.15) is 31.9 Å². The highest BCUT2D eigenvalue weighted by molar-refractivity contribution is 4.92. The van der Waals surface area contributed by atoms with Crippen LogP contribution in [0.15, 0.2) is 6.20 Å². The van der Waals surface area contributed by atoms with Crippen molar-refractivity contribution in [1.29, 1.82) is 0 Å². The van der Waals surface area contributed by atoms with Gasteiger partial charge in [0.2, 0.25) is 0 Å². The van der Waals surface area contributed by atoms with Crippen LogP contribution < -0.4 is 5.32 Å². The quantitative estimate of drug-likeness (QED) is 0.611. The monoisotopic (exact) mass is 281 g/mol. The first-order valence-electron chi connectivity index (χ1n) is 7.66. The van der Waals surface area contributed by atoms with Crippen LogP contribution >= 0.6 is 0 Å². The average Bonchev–Trinajstić information content (AvgIpc) is 3.20. The molecular formula is C14H27N5O. The largest absolute Gasteiger partial charge is 0.383 e. The number of hydrogen-bond acceptors (Lipinski definition) is 5. The van der Waals surface area contributed by atoms with Gasteiger partial charge in [0.15, 0.2) is 0 Å². The van der Waals surface area contributed by atoms with Gasteiger partial charge in [0, 0.05) is 39.0 Å². The minimum atomic E-state index is 0.763. The summed E-state index contributed by atoms with van der Waals surface area (Å²) in [7, 11) is 1.76. The fourth-order valence-corrected chi connectivity index (χ4v) is 2.28. The molecule has 1 aliphatic rings. The second-order valence-electron chi connectivity index (χ2n) is 5.41. The van der Waals surface area contributed by atoms with Gasteiger partial charge in [0.05, 0.1) is 18.8 Å². The summed E-state index contributed by atoms with van der Waals surface area (Å²) in [5.74, 6) is 0. The van der Waals surface area contributed by atoms with E-state index in [-0.39, 0.29) is 0 Å². The molecule has 114 valence electrons. The summed E-state index contributed by atoms with van der Waals surface area (Å²) >= 11 is 0. The van der Waals surface area contributed by atoms with E-state index < -0.39 is 0 Å². The van der Waals surface area contributed by atoms with E-state index in [9.17, 15) is 0 Å². The molecular weight excluding hydrogens is 254 g/mol. The summed E-state index contributed by atoms with van der Waals surface area (Å²) in [4.78, 5) is 2.50. The van der Waals surface area contributed by atoms with Crippen LogP contribution in [-0.4, -0.2) is 59.3 Å². The van der Waals surface area contributed by atoms with Gasteiger partial charge in [0.1, 0.15) is 0 Å². The summed E-state index contributed by atoms with van der Waals surface area (Å²) in [6, 6.07) is 0.763. The third-order valence-corrected chi connectivity index (χ3v) is 3.58. The number of methoxy groups -OCH3 is 1. The van der Waals surface area contributed by atoms with Gasteiger partial charge in [-0.1, -0.05) is 12.1 Å². The summed E-state index contributed by atoms with van der Waals surface area (Å²) in [6.45, 7) is 7.75. The number of ether oxygens (including phenoxy) is 1. The predicted molar refractivity (Wildman–Crippen MR) is 78.5 cm³/mol. The van der Waals surface area contributed by atoms with Crippen LogP contribution in [0.3, 0.4) is 0 Å². The van der Waals surface area contributed by atoms with Gasteiger partial charge in [-0.15, -0.1) is 5.10 Å². The maximum absolute atomic E-state index is 5.18. The fourth-order valence-electron chi connectivity index (χ4n) is 2.28. The normalized spacial score (nSPS) is 15.2. The molecule has 0 spiro atoms. The van der Waals surface area contributed by atoms with Crippen molar-refractivity contribution in [1.82, 2.24) is 25.2 Å². The fraction of sp³-hybridized carbons (Fsp3) is 0.857. The third-order valence-electron chi connectivity index (χ3n) is 3.58. The lowest BCUT2D eigenvalue weighted by Gasteiger charge is -2.21. The zero-order valence-electron chi connectivity index (χ0n) is 12.7. The van der Waals surface area contributed by atoms with E-state index in [0.29, 0.717) is 0 Å². The molecule has 0 radical (unpaired) electrons. The van der Waals surface area contributed by atoms with Crippen molar-refractivity contribution >= 4 is 0 Å². The molecule has 2 rings (SSSR count). The zero-order valence-corrected chi connectivity index (χ0v) is 12.7. The molecule has 6 nitrogen and oxygen atoms in total. The van der Waals surface area contributed by atoms with Crippen LogP contribution in [0.25, 0.3) is 0 Å². The molecule has 0 saturated heterocycles. The molecule has 20 heavy (non-hydrogen) atoms. The molecule has 0 aromatic carbocycles. The van der Waals surface area contributed by atoms with E-state index in [1.165, 1.54) is 12.8 Å². The first-order chi connectivity index (χ1) is 9.83. The van der Waals surface area contributed by atoms with Crippen molar-refractivity contribution in [3.8, 4) is 0 Å². The Morgan fingerprint density at radius 1 is 1.45 bits per heavy atom. The smallest absolute Gasteiger partial charge is 0.0964 e. The number of rotatable bonds is 11. The van der Waals surface area contributed by atoms with Crippen LogP contribution in [-0.2, 0) is 17.8 Å². The molecule has 0 aliphatic heterocycles. The maximum atomic E-state index is 5.18. The Hall–Kier alpha value is -0.980. The third kappa shape index (κ3) is 5.19. The summed E-state index contributed by atoms with van der Waals surface area (Å²) in [5, 5.41) is 11.7. The number of hydrogen-bond donors (Lipinski definition) is 1. The number of nitrogens with zero attached hydrogens (tertiary/aromatic N) is 4. The SMILES string of the molecule is CCCNCc1cn(CCN(CCOC)C2CC2)nn1. The molecule has 0 unspecified atom stereocenters. The van der Waals surface area contributed by atoms with Gasteiger partial charge < -0.3 is 10.1 Å². The molecule has 1 aromatic heterocycles. The van der Waals surface area contributed by atoms with Gasteiger partial charge in [-0.05, 0) is 25.8 Å². The van der Waals surface area contributed by atoms with Crippen molar-refractivity contribution in [2.75, 3.05) is 33.4 Å². The van der Waals surface area contributed by atoms with Gasteiger partial charge in [0.25, 0.3) is 0 Å². The first kappa shape index (κ1) is 15.4. The zero-order chi connectivity index (χ0) is 14.2. The molecule has 1 N–H and O–H groups in total. The second kappa shape index (κ2) is 8.34. The lowest BCUT2D eigenvalue weighted by atomic mass is 10.4. The number of nitrogens with one attached hydrogen (secondary N) is 1. The highest BCUT2D eigenvalue weighted by atomic mass is 16.5. The van der Waals surface area contributed by atoms with Crippen molar-refractivity contribution < 1.29 is 4.74 Å². The predicted octanol–water partition coefficient (Wildman–Crippen LogP) is 0.889. The standard InChI is InChI=1S/C14H27N5O/c1-3-6-15-11-13-12-19(17-16-13)8-7-18(9-10-20-2)14-4-5-14/h12,14-15H,3-11H2,1-2H3. The summed E-state index contributed by atoms with van der Waals surface area (Å²) in [5.41, 5.74) is 1.02. The molecule has 1 fully saturated rings. The lowest BCUT2D eigenvalue weighted by molar-refractivity contribution is 0.140. The Morgan fingerprint density at radius 3 is 3.00 bits per heavy atom. The van der Waals surface area contributed by atoms with E-state index in [1.54, 1.807) is 7.11 Å². The van der Waals surface area contributed by atoms with Gasteiger partial charge in [-0.2, -0.15) is 0 Å². The van der Waals surface area contributed by atoms with Crippen molar-refractivity contribution in [3.63, 3.8) is 0 Å². The van der Waals surface area contributed by atoms with Crippen molar-refractivity contribution in [2.24, 2.45) is 0 Å². The minimum absolute atomic E-state index is 0.763. The Kier molecular flexibility index (Phi) is 6.42. The van der Waals surface area contributed by atoms with E-state index in [0.717, 1.165) is 57.5 Å². The van der Waals surface area contributed by atoms with E-state index in [2.05, 4.69) is 27.5 Å². The van der Waals surface area contributed by atoms with Gasteiger partial charge >= 0.3 is 0 Å². The summed E-state index contributed by atoms with van der Waals surface area (Å²) in [6.07, 6.45) is 5.84. The molecule has 1 heterocycles. The molecule has 0 amide bonds. The minimum Gasteiger partial charge on any atom is -0.383 e. The van der Waals surface area contributed by atoms with Gasteiger partial charge in [-0.3, -0.25) is 9.58 Å². The molecule has 1 saturated carbocycles. The second-order valence-corrected chi connectivity index (χ2v) is 5.41. The summed E-state index contributed by atoms with van der Waals surface area (Å²) < 4.78 is 7.13. The highest BCUT2D eigenvalue weighted by Crippen LogP contribution is 2.26. The maximum Gasteiger partial charge on any atom is 0.0964 e. The van der Waals surface area contributed by atoms with Crippen LogP contribution in [0.2, 0.25) is 0 Å². The Bertz CT molecular complexity index is 377. The highest BCUT2D eigenvalue weighted by Gasteiger charge is 2.28. The lowest BCUT2D eigenvalue weighted by Crippen LogP contribution is -2.32. The molecule has 1 aromatic rings. The first-order valence-corrected chi connectivity index (χ1v) is 7.66. The Labute approximate surface area is 121 Å². The Balaban J connectivity index is 1.71. The van der Waals surface area contributed by atoms with Crippen LogP contribution in [0.5, 0.6) is 0 Å². The van der Waals surface area contributed by atoms with E-state index >= 15 is 0 Å². The average molecular weight is 281 g/mol. The Morgan fingerprint density at radius 2 is 2.30 bits per heavy atom. The molecule has 6 heteroatoms. The van der Waals surface area contributed by atoms with Crippen LogP contribution in [0.4, 0.5) is 0 Å². The topological polar surface area (TPSA) is 55.2 Å². The van der Waals surface area contributed by atoms with Crippen LogP contribution in [0, 0.1) is 0 Å². The molecule has 0 bridgehead atoms. The number of aromatic nitrogens is 3. The molecule has 1 aliphatic carbocycles. The molecule has 0 atom stereocenters. The van der Waals surface area contributed by atoms with E-state index in [1.807, 2.05) is 10.9 Å². The van der Waals surface area contributed by atoms with E-state index in [4.69, 9.17) is 4.74 Å². The van der Waals surface area contributed by atoms with Crippen molar-refractivity contribution in [2.45, 2.75) is 45.3 Å². The van der Waals surface area contributed by atoms with Crippen molar-refractivity contribution in [3.05, 3.63) is 11.9 Å². The van der Waals surface area contributed by atoms with Gasteiger partial charge in [-0.25, -0.2) is 0 Å².